The van der Waals surface area contributed by atoms with Crippen LogP contribution < -0.4 is 5.32 Å². The number of ether oxygens (including phenoxy) is 1. The predicted molar refractivity (Wildman–Crippen MR) is 145 cm³/mol. The Morgan fingerprint density at radius 2 is 1.79 bits per heavy atom. The molecule has 3 heterocycles. The van der Waals surface area contributed by atoms with E-state index in [1.54, 1.807) is 23.5 Å². The molecule has 8 nitrogen and oxygen atoms in total. The number of carbonyl (C=O) groups excluding carboxylic acids is 4. The highest BCUT2D eigenvalue weighted by molar-refractivity contribution is 7.98. The number of thiazole rings is 1. The highest BCUT2D eigenvalue weighted by Gasteiger charge is 2.51. The van der Waals surface area contributed by atoms with Crippen LogP contribution in [-0.2, 0) is 26.7 Å². The molecule has 204 valence electrons. The van der Waals surface area contributed by atoms with Gasteiger partial charge in [0.1, 0.15) is 11.0 Å². The third kappa shape index (κ3) is 4.64. The number of rotatable bonds is 8. The molecule has 39 heavy (non-hydrogen) atoms. The number of aromatic nitrogens is 1. The molecular weight excluding hydrogens is 534 g/mol. The van der Waals surface area contributed by atoms with Gasteiger partial charge in [0, 0.05) is 16.7 Å². The molecule has 1 aromatic heterocycles. The molecule has 4 bridgehead atoms. The number of fused-ring (bicyclic) bond motifs is 1. The molecular formula is C29H31N3O5S2. The Hall–Kier alpha value is -2.56. The number of carbonyl (C=O) groups is 4. The van der Waals surface area contributed by atoms with Gasteiger partial charge in [-0.05, 0) is 80.2 Å². The molecule has 0 radical (unpaired) electrons. The third-order valence-corrected chi connectivity index (χ3v) is 11.4. The first kappa shape index (κ1) is 25.4. The minimum Gasteiger partial charge on any atom is -0.375 e. The second-order valence-electron chi connectivity index (χ2n) is 12.1. The van der Waals surface area contributed by atoms with Gasteiger partial charge in [-0.3, -0.25) is 29.4 Å². The first-order valence-electron chi connectivity index (χ1n) is 13.9. The van der Waals surface area contributed by atoms with E-state index in [9.17, 15) is 19.2 Å². The summed E-state index contributed by atoms with van der Waals surface area (Å²) in [6.45, 7) is 1.37. The summed E-state index contributed by atoms with van der Waals surface area (Å²) in [6.07, 6.45) is 8.56. The predicted octanol–water partition coefficient (Wildman–Crippen LogP) is 4.57. The SMILES string of the molecule is O=C1CCC(N2C(=O)c3cccc(SCc4nc(COCC56CC7CC(CC(C7)C5)C6)cs4)c3C2=O)C(=O)N1. The van der Waals surface area contributed by atoms with E-state index in [1.165, 1.54) is 50.3 Å². The van der Waals surface area contributed by atoms with E-state index < -0.39 is 23.8 Å². The van der Waals surface area contributed by atoms with Crippen molar-refractivity contribution >= 4 is 46.7 Å². The van der Waals surface area contributed by atoms with E-state index in [-0.39, 0.29) is 18.7 Å². The number of thioether (sulfide) groups is 1. The van der Waals surface area contributed by atoms with E-state index in [0.29, 0.717) is 33.8 Å². The summed E-state index contributed by atoms with van der Waals surface area (Å²) in [5.41, 5.74) is 1.96. The van der Waals surface area contributed by atoms with Gasteiger partial charge >= 0.3 is 0 Å². The summed E-state index contributed by atoms with van der Waals surface area (Å²) < 4.78 is 6.25. The fraction of sp³-hybridized carbons (Fsp3) is 0.552. The normalized spacial score (nSPS) is 31.2. The standard InChI is InChI=1S/C29H31N3O5S2/c33-23-5-4-21(26(34)31-23)32-27(35)20-2-1-3-22(25(20)28(32)36)38-14-24-30-19(13-39-24)12-37-15-29-9-16-6-17(10-29)8-18(7-16)11-29/h1-3,13,16-18,21H,4-12,14-15H2,(H,31,33,34). The Morgan fingerprint density at radius 1 is 1.05 bits per heavy atom. The largest absolute Gasteiger partial charge is 0.375 e. The van der Waals surface area contributed by atoms with Gasteiger partial charge in [0.05, 0.1) is 35.8 Å². The first-order chi connectivity index (χ1) is 18.9. The van der Waals surface area contributed by atoms with Crippen LogP contribution in [0.5, 0.6) is 0 Å². The van der Waals surface area contributed by atoms with Gasteiger partial charge in [0.2, 0.25) is 11.8 Å². The maximum atomic E-state index is 13.3. The van der Waals surface area contributed by atoms with Gasteiger partial charge in [0.15, 0.2) is 0 Å². The summed E-state index contributed by atoms with van der Waals surface area (Å²) in [7, 11) is 0. The summed E-state index contributed by atoms with van der Waals surface area (Å²) in [5.74, 6) is 1.36. The molecule has 1 aromatic carbocycles. The van der Waals surface area contributed by atoms with Crippen LogP contribution in [0.15, 0.2) is 28.5 Å². The summed E-state index contributed by atoms with van der Waals surface area (Å²) in [5, 5.41) is 5.22. The molecule has 4 saturated carbocycles. The number of amides is 4. The fourth-order valence-corrected chi connectivity index (χ4v) is 9.94. The van der Waals surface area contributed by atoms with Gasteiger partial charge in [0.25, 0.3) is 11.8 Å². The highest BCUT2D eigenvalue weighted by Crippen LogP contribution is 2.60. The Bertz CT molecular complexity index is 1340. The molecule has 4 amide bonds. The maximum absolute atomic E-state index is 13.3. The number of hydrogen-bond donors (Lipinski definition) is 1. The number of nitrogens with one attached hydrogen (secondary N) is 1. The van der Waals surface area contributed by atoms with Crippen LogP contribution in [0.1, 0.15) is 82.8 Å². The molecule has 0 spiro atoms. The molecule has 1 N–H and O–H groups in total. The quantitative estimate of drug-likeness (QED) is 0.369. The monoisotopic (exact) mass is 565 g/mol. The van der Waals surface area contributed by atoms with Gasteiger partial charge in [-0.2, -0.15) is 0 Å². The van der Waals surface area contributed by atoms with Gasteiger partial charge in [-0.15, -0.1) is 23.1 Å². The number of imide groups is 2. The van der Waals surface area contributed by atoms with Crippen molar-refractivity contribution in [3.63, 3.8) is 0 Å². The summed E-state index contributed by atoms with van der Waals surface area (Å²) >= 11 is 3.04. The Balaban J connectivity index is 0.974. The lowest BCUT2D eigenvalue weighted by Gasteiger charge is -2.56. The molecule has 8 rings (SSSR count). The van der Waals surface area contributed by atoms with E-state index >= 15 is 0 Å². The summed E-state index contributed by atoms with van der Waals surface area (Å²) in [6, 6.07) is 4.24. The second-order valence-corrected chi connectivity index (χ2v) is 14.0. The van der Waals surface area contributed by atoms with Gasteiger partial charge in [-0.25, -0.2) is 4.98 Å². The van der Waals surface area contributed by atoms with Crippen LogP contribution in [-0.4, -0.2) is 46.2 Å². The zero-order valence-electron chi connectivity index (χ0n) is 21.6. The lowest BCUT2D eigenvalue weighted by atomic mass is 9.50. The van der Waals surface area contributed by atoms with Crippen LogP contribution in [0.25, 0.3) is 0 Å². The molecule has 5 fully saturated rings. The number of nitrogens with zero attached hydrogens (tertiary/aromatic N) is 2. The van der Waals surface area contributed by atoms with Gasteiger partial charge < -0.3 is 4.74 Å². The lowest BCUT2D eigenvalue weighted by Crippen LogP contribution is -2.54. The smallest absolute Gasteiger partial charge is 0.263 e. The van der Waals surface area contributed by atoms with Crippen molar-refractivity contribution in [2.24, 2.45) is 23.2 Å². The number of hydrogen-bond acceptors (Lipinski definition) is 8. The molecule has 4 aliphatic carbocycles. The average molecular weight is 566 g/mol. The Labute approximate surface area is 235 Å². The first-order valence-corrected chi connectivity index (χ1v) is 15.7. The molecule has 2 aromatic rings. The zero-order chi connectivity index (χ0) is 26.7. The van der Waals surface area contributed by atoms with E-state index in [1.807, 2.05) is 11.4 Å². The van der Waals surface area contributed by atoms with Crippen molar-refractivity contribution < 1.29 is 23.9 Å². The van der Waals surface area contributed by atoms with E-state index in [2.05, 4.69) is 5.32 Å². The molecule has 6 aliphatic rings. The van der Waals surface area contributed by atoms with Crippen molar-refractivity contribution in [3.05, 3.63) is 45.4 Å². The second kappa shape index (κ2) is 9.82. The summed E-state index contributed by atoms with van der Waals surface area (Å²) in [4.78, 5) is 56.8. The van der Waals surface area contributed by atoms with E-state index in [0.717, 1.165) is 40.0 Å². The molecule has 1 saturated heterocycles. The van der Waals surface area contributed by atoms with E-state index in [4.69, 9.17) is 9.72 Å². The minimum atomic E-state index is -0.965. The minimum absolute atomic E-state index is 0.101. The van der Waals surface area contributed by atoms with Crippen LogP contribution in [0.2, 0.25) is 0 Å². The average Bonchev–Trinajstić information content (AvgIpc) is 3.44. The van der Waals surface area contributed by atoms with Crippen molar-refractivity contribution in [3.8, 4) is 0 Å². The van der Waals surface area contributed by atoms with Crippen LogP contribution in [0.4, 0.5) is 0 Å². The lowest BCUT2D eigenvalue weighted by molar-refractivity contribution is -0.136. The molecule has 10 heteroatoms. The highest BCUT2D eigenvalue weighted by atomic mass is 32.2. The van der Waals surface area contributed by atoms with Crippen molar-refractivity contribution in [1.82, 2.24) is 15.2 Å². The van der Waals surface area contributed by atoms with Crippen LogP contribution >= 0.6 is 23.1 Å². The zero-order valence-corrected chi connectivity index (χ0v) is 23.3. The molecule has 1 unspecified atom stereocenters. The van der Waals surface area contributed by atoms with Crippen molar-refractivity contribution in [2.45, 2.75) is 74.7 Å². The van der Waals surface area contributed by atoms with Crippen molar-refractivity contribution in [1.29, 1.82) is 0 Å². The van der Waals surface area contributed by atoms with Crippen LogP contribution in [0, 0.1) is 23.2 Å². The fourth-order valence-electron chi connectivity index (χ4n) is 8.06. The van der Waals surface area contributed by atoms with Crippen LogP contribution in [0.3, 0.4) is 0 Å². The maximum Gasteiger partial charge on any atom is 0.263 e. The Kier molecular flexibility index (Phi) is 6.40. The van der Waals surface area contributed by atoms with Gasteiger partial charge in [-0.1, -0.05) is 6.07 Å². The number of piperidine rings is 1. The van der Waals surface area contributed by atoms with Crippen molar-refractivity contribution in [2.75, 3.05) is 6.61 Å². The molecule has 2 aliphatic heterocycles. The molecule has 1 atom stereocenters. The number of benzene rings is 1. The topological polar surface area (TPSA) is 106 Å². The Morgan fingerprint density at radius 3 is 2.51 bits per heavy atom. The third-order valence-electron chi connectivity index (χ3n) is 9.20.